The van der Waals surface area contributed by atoms with E-state index in [2.05, 4.69) is 32.3 Å². The first-order valence-corrected chi connectivity index (χ1v) is 7.24. The van der Waals surface area contributed by atoms with Crippen molar-refractivity contribution in [2.75, 3.05) is 23.3 Å². The van der Waals surface area contributed by atoms with Gasteiger partial charge < -0.3 is 10.2 Å². The zero-order valence-electron chi connectivity index (χ0n) is 11.2. The molecule has 20 heavy (non-hydrogen) atoms. The first-order valence-electron chi connectivity index (χ1n) is 6.86. The number of nitrogens with one attached hydrogen (secondary N) is 1. The van der Waals surface area contributed by atoms with Gasteiger partial charge in [-0.1, -0.05) is 17.7 Å². The molecule has 1 aliphatic rings. The molecule has 1 saturated heterocycles. The van der Waals surface area contributed by atoms with Gasteiger partial charge in [-0.25, -0.2) is 9.97 Å². The van der Waals surface area contributed by atoms with Crippen LogP contribution in [0.5, 0.6) is 0 Å². The van der Waals surface area contributed by atoms with Gasteiger partial charge in [0.1, 0.15) is 11.6 Å². The van der Waals surface area contributed by atoms with Crippen LogP contribution in [0.1, 0.15) is 18.4 Å². The molecule has 4 nitrogen and oxygen atoms in total. The first-order chi connectivity index (χ1) is 9.81. The molecule has 0 amide bonds. The topological polar surface area (TPSA) is 41.0 Å². The van der Waals surface area contributed by atoms with Crippen LogP contribution >= 0.6 is 11.6 Å². The highest BCUT2D eigenvalue weighted by Crippen LogP contribution is 2.18. The standard InChI is InChI=1S/C15H17ClN4/c16-13-4-5-14(18-11-13)17-9-12-3-6-15(19-10-12)20-7-1-2-8-20/h3-6,10-11H,1-2,7-9H2,(H,17,18). The average molecular weight is 289 g/mol. The predicted octanol–water partition coefficient (Wildman–Crippen LogP) is 3.34. The van der Waals surface area contributed by atoms with Crippen molar-refractivity contribution >= 4 is 23.2 Å². The lowest BCUT2D eigenvalue weighted by Crippen LogP contribution is -2.18. The fourth-order valence-corrected chi connectivity index (χ4v) is 2.44. The fourth-order valence-electron chi connectivity index (χ4n) is 2.33. The highest BCUT2D eigenvalue weighted by molar-refractivity contribution is 6.30. The van der Waals surface area contributed by atoms with Gasteiger partial charge in [0.05, 0.1) is 5.02 Å². The van der Waals surface area contributed by atoms with Crippen LogP contribution in [0.25, 0.3) is 0 Å². The van der Waals surface area contributed by atoms with Crippen LogP contribution in [-0.2, 0) is 6.54 Å². The lowest BCUT2D eigenvalue weighted by Gasteiger charge is -2.16. The number of rotatable bonds is 4. The fraction of sp³-hybridized carbons (Fsp3) is 0.333. The Morgan fingerprint density at radius 3 is 2.55 bits per heavy atom. The largest absolute Gasteiger partial charge is 0.366 e. The van der Waals surface area contributed by atoms with E-state index in [1.807, 2.05) is 18.3 Å². The van der Waals surface area contributed by atoms with Gasteiger partial charge in [0.25, 0.3) is 0 Å². The molecule has 2 aromatic heterocycles. The van der Waals surface area contributed by atoms with Gasteiger partial charge in [-0.2, -0.15) is 0 Å². The number of pyridine rings is 2. The van der Waals surface area contributed by atoms with Gasteiger partial charge in [-0.05, 0) is 36.6 Å². The van der Waals surface area contributed by atoms with Gasteiger partial charge in [0, 0.05) is 32.0 Å². The van der Waals surface area contributed by atoms with E-state index in [0.717, 1.165) is 30.3 Å². The molecule has 0 bridgehead atoms. The summed E-state index contributed by atoms with van der Waals surface area (Å²) in [5.74, 6) is 1.90. The molecule has 0 radical (unpaired) electrons. The van der Waals surface area contributed by atoms with E-state index in [1.165, 1.54) is 12.8 Å². The summed E-state index contributed by atoms with van der Waals surface area (Å²) in [5, 5.41) is 3.90. The molecular formula is C15H17ClN4. The molecule has 3 heterocycles. The molecule has 1 aliphatic heterocycles. The molecular weight excluding hydrogens is 272 g/mol. The normalized spacial score (nSPS) is 14.6. The van der Waals surface area contributed by atoms with Crippen LogP contribution in [0, 0.1) is 0 Å². The summed E-state index contributed by atoms with van der Waals surface area (Å²) < 4.78 is 0. The lowest BCUT2D eigenvalue weighted by atomic mass is 10.2. The molecule has 104 valence electrons. The highest BCUT2D eigenvalue weighted by Gasteiger charge is 2.12. The van der Waals surface area contributed by atoms with Crippen molar-refractivity contribution in [3.05, 3.63) is 47.2 Å². The van der Waals surface area contributed by atoms with Crippen LogP contribution in [0.15, 0.2) is 36.7 Å². The molecule has 0 spiro atoms. The van der Waals surface area contributed by atoms with Crippen LogP contribution in [0.4, 0.5) is 11.6 Å². The minimum absolute atomic E-state index is 0.646. The number of nitrogens with zero attached hydrogens (tertiary/aromatic N) is 3. The van der Waals surface area contributed by atoms with Crippen molar-refractivity contribution in [3.8, 4) is 0 Å². The summed E-state index contributed by atoms with van der Waals surface area (Å²) in [6.07, 6.45) is 6.11. The number of hydrogen-bond acceptors (Lipinski definition) is 4. The SMILES string of the molecule is Clc1ccc(NCc2ccc(N3CCCC3)nc2)nc1. The average Bonchev–Trinajstić information content (AvgIpc) is 3.01. The minimum atomic E-state index is 0.646. The molecule has 2 aromatic rings. The maximum absolute atomic E-state index is 5.80. The van der Waals surface area contributed by atoms with Crippen LogP contribution in [0.3, 0.4) is 0 Å². The molecule has 5 heteroatoms. The van der Waals surface area contributed by atoms with E-state index in [9.17, 15) is 0 Å². The van der Waals surface area contributed by atoms with Crippen molar-refractivity contribution in [1.82, 2.24) is 9.97 Å². The Morgan fingerprint density at radius 1 is 1.05 bits per heavy atom. The second kappa shape index (κ2) is 6.09. The third kappa shape index (κ3) is 3.20. The van der Waals surface area contributed by atoms with Gasteiger partial charge >= 0.3 is 0 Å². The van der Waals surface area contributed by atoms with Crippen LogP contribution in [0.2, 0.25) is 5.02 Å². The van der Waals surface area contributed by atoms with E-state index >= 15 is 0 Å². The second-order valence-corrected chi connectivity index (χ2v) is 5.37. The Kier molecular flexibility index (Phi) is 4.02. The van der Waals surface area contributed by atoms with Gasteiger partial charge in [-0.3, -0.25) is 0 Å². The summed E-state index contributed by atoms with van der Waals surface area (Å²) in [5.41, 5.74) is 1.14. The number of hydrogen-bond donors (Lipinski definition) is 1. The summed E-state index contributed by atoms with van der Waals surface area (Å²) >= 11 is 5.80. The quantitative estimate of drug-likeness (QED) is 0.937. The third-order valence-corrected chi connectivity index (χ3v) is 3.66. The van der Waals surface area contributed by atoms with E-state index in [-0.39, 0.29) is 0 Å². The molecule has 1 N–H and O–H groups in total. The molecule has 0 saturated carbocycles. The lowest BCUT2D eigenvalue weighted by molar-refractivity contribution is 0.931. The predicted molar refractivity (Wildman–Crippen MR) is 82.3 cm³/mol. The zero-order chi connectivity index (χ0) is 13.8. The van der Waals surface area contributed by atoms with E-state index in [1.54, 1.807) is 6.20 Å². The van der Waals surface area contributed by atoms with Crippen molar-refractivity contribution < 1.29 is 0 Å². The number of anilines is 2. The summed E-state index contributed by atoms with van der Waals surface area (Å²) in [7, 11) is 0. The van der Waals surface area contributed by atoms with Crippen molar-refractivity contribution in [2.24, 2.45) is 0 Å². The van der Waals surface area contributed by atoms with Gasteiger partial charge in [0.15, 0.2) is 0 Å². The summed E-state index contributed by atoms with van der Waals surface area (Å²) in [6.45, 7) is 2.96. The van der Waals surface area contributed by atoms with Gasteiger partial charge in [-0.15, -0.1) is 0 Å². The van der Waals surface area contributed by atoms with Crippen LogP contribution in [-0.4, -0.2) is 23.1 Å². The third-order valence-electron chi connectivity index (χ3n) is 3.44. The van der Waals surface area contributed by atoms with Crippen molar-refractivity contribution in [2.45, 2.75) is 19.4 Å². The van der Waals surface area contributed by atoms with Gasteiger partial charge in [0.2, 0.25) is 0 Å². The Bertz CT molecular complexity index is 547. The summed E-state index contributed by atoms with van der Waals surface area (Å²) in [4.78, 5) is 11.1. The molecule has 3 rings (SSSR count). The van der Waals surface area contributed by atoms with E-state index in [4.69, 9.17) is 11.6 Å². The Balaban J connectivity index is 1.59. The van der Waals surface area contributed by atoms with Crippen molar-refractivity contribution in [1.29, 1.82) is 0 Å². The van der Waals surface area contributed by atoms with Crippen molar-refractivity contribution in [3.63, 3.8) is 0 Å². The molecule has 0 unspecified atom stereocenters. The monoisotopic (exact) mass is 288 g/mol. The number of halogens is 1. The Morgan fingerprint density at radius 2 is 1.90 bits per heavy atom. The summed E-state index contributed by atoms with van der Waals surface area (Å²) in [6, 6.07) is 7.90. The van der Waals surface area contributed by atoms with E-state index < -0.39 is 0 Å². The smallest absolute Gasteiger partial charge is 0.128 e. The molecule has 0 aromatic carbocycles. The van der Waals surface area contributed by atoms with Crippen LogP contribution < -0.4 is 10.2 Å². The molecule has 0 aliphatic carbocycles. The minimum Gasteiger partial charge on any atom is -0.366 e. The first kappa shape index (κ1) is 13.2. The zero-order valence-corrected chi connectivity index (χ0v) is 12.0. The molecule has 1 fully saturated rings. The second-order valence-electron chi connectivity index (χ2n) is 4.93. The maximum Gasteiger partial charge on any atom is 0.128 e. The maximum atomic E-state index is 5.80. The number of aromatic nitrogens is 2. The Hall–Kier alpha value is -1.81. The molecule has 0 atom stereocenters. The van der Waals surface area contributed by atoms with E-state index in [0.29, 0.717) is 11.6 Å². The Labute approximate surface area is 123 Å². The highest BCUT2D eigenvalue weighted by atomic mass is 35.5.